The molecule has 0 unspecified atom stereocenters. The number of nitrogens with zero attached hydrogens (tertiary/aromatic N) is 5. The number of imidazole rings is 1. The number of likely N-dealkylation sites (tertiary alicyclic amines) is 1. The summed E-state index contributed by atoms with van der Waals surface area (Å²) in [6, 6.07) is 7.15. The summed E-state index contributed by atoms with van der Waals surface area (Å²) in [7, 11) is 4.87. The SMILES string of the molecule is COc1ccc(-c2cnc(C(=O)Nc3ccc(C(=O)N4CCN(C(=O)C5CC[N+](C)(CCNC(=O)OC(C)(C)C)CC5)CC4)c(Cl)c3)n2C)c(F)c1F. The zero-order chi connectivity index (χ0) is 38.7. The molecule has 286 valence electrons. The number of methoxy groups -OCH3 is 1. The number of alkyl carbamates (subject to hydrolysis) is 1. The summed E-state index contributed by atoms with van der Waals surface area (Å²) in [5, 5.41) is 5.64. The van der Waals surface area contributed by atoms with Crippen molar-refractivity contribution in [2.45, 2.75) is 39.2 Å². The third kappa shape index (κ3) is 9.25. The van der Waals surface area contributed by atoms with Crippen LogP contribution in [-0.4, -0.2) is 120 Å². The van der Waals surface area contributed by atoms with Gasteiger partial charge in [0.05, 0.1) is 62.8 Å². The number of quaternary nitrogens is 1. The molecule has 2 N–H and O–H groups in total. The Hall–Kier alpha value is -4.76. The summed E-state index contributed by atoms with van der Waals surface area (Å²) in [5.74, 6) is -3.47. The maximum atomic E-state index is 14.7. The number of amides is 4. The molecule has 0 aliphatic carbocycles. The lowest BCUT2D eigenvalue weighted by Crippen LogP contribution is -2.56. The highest BCUT2D eigenvalue weighted by atomic mass is 35.5. The molecule has 1 aromatic heterocycles. The summed E-state index contributed by atoms with van der Waals surface area (Å²) in [5.41, 5.74) is 0.0976. The van der Waals surface area contributed by atoms with Gasteiger partial charge in [-0.15, -0.1) is 0 Å². The van der Waals surface area contributed by atoms with E-state index in [1.807, 2.05) is 25.7 Å². The molecule has 0 atom stereocenters. The quantitative estimate of drug-likeness (QED) is 0.295. The van der Waals surface area contributed by atoms with E-state index in [0.717, 1.165) is 37.0 Å². The van der Waals surface area contributed by atoms with Gasteiger partial charge in [-0.05, 0) is 51.1 Å². The fourth-order valence-electron chi connectivity index (χ4n) is 6.67. The Kier molecular flexibility index (Phi) is 12.0. The van der Waals surface area contributed by atoms with E-state index in [9.17, 15) is 28.0 Å². The zero-order valence-electron chi connectivity index (χ0n) is 30.9. The molecule has 2 aliphatic heterocycles. The average molecular weight is 759 g/mol. The van der Waals surface area contributed by atoms with Crippen LogP contribution in [0.2, 0.25) is 5.02 Å². The van der Waals surface area contributed by atoms with E-state index in [0.29, 0.717) is 38.4 Å². The molecule has 4 amide bonds. The van der Waals surface area contributed by atoms with Crippen LogP contribution in [0.25, 0.3) is 11.3 Å². The molecule has 5 rings (SSSR count). The standard InChI is InChI=1S/C37H46ClF2N7O6/c1-37(2,3)53-36(51)41-13-20-47(5)18-11-23(12-19-47)34(49)45-14-16-46(17-15-45)35(50)25-8-7-24(21-27(25)38)43-33(48)32-42-22-28(44(32)4)26-9-10-29(52-6)31(40)30(26)39/h7-10,21-23H,11-20H2,1-6H3,(H-,41,43,48,50,51)/p+1. The number of ether oxygens (including phenoxy) is 2. The van der Waals surface area contributed by atoms with Crippen LogP contribution >= 0.6 is 11.6 Å². The van der Waals surface area contributed by atoms with E-state index in [1.54, 1.807) is 11.0 Å². The highest BCUT2D eigenvalue weighted by molar-refractivity contribution is 6.34. The van der Waals surface area contributed by atoms with Gasteiger partial charge in [0.1, 0.15) is 5.60 Å². The van der Waals surface area contributed by atoms with Gasteiger partial charge in [-0.2, -0.15) is 4.39 Å². The topological polar surface area (TPSA) is 135 Å². The van der Waals surface area contributed by atoms with Crippen LogP contribution < -0.4 is 15.4 Å². The van der Waals surface area contributed by atoms with E-state index < -0.39 is 29.2 Å². The Balaban J connectivity index is 1.10. The van der Waals surface area contributed by atoms with Crippen LogP contribution in [-0.2, 0) is 16.6 Å². The molecule has 13 nitrogen and oxygen atoms in total. The number of piperidine rings is 1. The summed E-state index contributed by atoms with van der Waals surface area (Å²) >= 11 is 6.52. The number of hydrogen-bond acceptors (Lipinski definition) is 7. The number of nitrogens with one attached hydrogen (secondary N) is 2. The summed E-state index contributed by atoms with van der Waals surface area (Å²) in [6.07, 6.45) is 2.34. The molecule has 3 aromatic rings. The minimum absolute atomic E-state index is 0.0618. The number of rotatable bonds is 9. The van der Waals surface area contributed by atoms with Crippen LogP contribution in [0.4, 0.5) is 19.3 Å². The van der Waals surface area contributed by atoms with Crippen LogP contribution in [0.3, 0.4) is 0 Å². The van der Waals surface area contributed by atoms with Gasteiger partial charge in [-0.25, -0.2) is 14.2 Å². The molecule has 0 bridgehead atoms. The summed E-state index contributed by atoms with van der Waals surface area (Å²) in [6.45, 7) is 9.91. The first-order valence-electron chi connectivity index (χ1n) is 17.5. The highest BCUT2D eigenvalue weighted by Crippen LogP contribution is 2.31. The fraction of sp³-hybridized carbons (Fsp3) is 0.486. The second-order valence-corrected chi connectivity index (χ2v) is 15.1. The van der Waals surface area contributed by atoms with Gasteiger partial charge in [0.15, 0.2) is 17.4 Å². The molecular weight excluding hydrogens is 712 g/mol. The minimum Gasteiger partial charge on any atom is -0.494 e. The van der Waals surface area contributed by atoms with E-state index in [2.05, 4.69) is 22.7 Å². The average Bonchev–Trinajstić information content (AvgIpc) is 3.49. The highest BCUT2D eigenvalue weighted by Gasteiger charge is 2.36. The van der Waals surface area contributed by atoms with Crippen LogP contribution in [0.1, 0.15) is 54.6 Å². The van der Waals surface area contributed by atoms with Crippen molar-refractivity contribution in [1.82, 2.24) is 24.7 Å². The number of likely N-dealkylation sites (N-methyl/N-ethyl adjacent to an activating group) is 1. The van der Waals surface area contributed by atoms with E-state index >= 15 is 0 Å². The van der Waals surface area contributed by atoms with Crippen molar-refractivity contribution in [1.29, 1.82) is 0 Å². The number of carbonyl (C=O) groups is 4. The number of anilines is 1. The Bertz CT molecular complexity index is 1860. The first-order chi connectivity index (χ1) is 25.0. The first kappa shape index (κ1) is 39.4. The van der Waals surface area contributed by atoms with E-state index in [1.165, 1.54) is 49.2 Å². The number of piperazine rings is 1. The Morgan fingerprint density at radius 1 is 1.00 bits per heavy atom. The molecule has 0 radical (unpaired) electrons. The monoisotopic (exact) mass is 758 g/mol. The van der Waals surface area contributed by atoms with Gasteiger partial charge in [0.25, 0.3) is 11.8 Å². The fourth-order valence-corrected chi connectivity index (χ4v) is 6.93. The predicted octanol–water partition coefficient (Wildman–Crippen LogP) is 4.95. The van der Waals surface area contributed by atoms with Gasteiger partial charge >= 0.3 is 6.09 Å². The molecule has 0 spiro atoms. The Morgan fingerprint density at radius 3 is 2.28 bits per heavy atom. The molecule has 53 heavy (non-hydrogen) atoms. The molecule has 0 saturated carbocycles. The van der Waals surface area contributed by atoms with Gasteiger partial charge in [0, 0.05) is 63.2 Å². The molecule has 16 heteroatoms. The van der Waals surface area contributed by atoms with Crippen molar-refractivity contribution in [2.24, 2.45) is 13.0 Å². The van der Waals surface area contributed by atoms with Gasteiger partial charge < -0.3 is 39.0 Å². The number of benzene rings is 2. The smallest absolute Gasteiger partial charge is 0.407 e. The van der Waals surface area contributed by atoms with Crippen molar-refractivity contribution in [2.75, 3.05) is 71.8 Å². The van der Waals surface area contributed by atoms with Crippen molar-refractivity contribution >= 4 is 41.1 Å². The van der Waals surface area contributed by atoms with E-state index in [-0.39, 0.29) is 51.1 Å². The van der Waals surface area contributed by atoms with Crippen molar-refractivity contribution in [3.8, 4) is 17.0 Å². The number of carbonyl (C=O) groups excluding carboxylic acids is 4. The second-order valence-electron chi connectivity index (χ2n) is 14.7. The number of halogens is 3. The van der Waals surface area contributed by atoms with Crippen LogP contribution in [0.15, 0.2) is 36.5 Å². The summed E-state index contributed by atoms with van der Waals surface area (Å²) < 4.78 is 41.3. The van der Waals surface area contributed by atoms with Crippen molar-refractivity contribution in [3.05, 3.63) is 64.6 Å². The zero-order valence-corrected chi connectivity index (χ0v) is 31.7. The van der Waals surface area contributed by atoms with Crippen molar-refractivity contribution < 1.29 is 41.9 Å². The largest absolute Gasteiger partial charge is 0.494 e. The normalized spacial score (nSPS) is 19.1. The molecular formula is C37H47ClF2N7O6+. The lowest BCUT2D eigenvalue weighted by Gasteiger charge is -2.42. The molecule has 2 aliphatic rings. The molecule has 2 saturated heterocycles. The molecule has 2 aromatic carbocycles. The minimum atomic E-state index is -1.15. The maximum absolute atomic E-state index is 14.7. The van der Waals surface area contributed by atoms with Gasteiger partial charge in [-0.1, -0.05) is 11.6 Å². The van der Waals surface area contributed by atoms with Gasteiger partial charge in [0.2, 0.25) is 11.7 Å². The third-order valence-electron chi connectivity index (χ3n) is 9.77. The Labute approximate surface area is 312 Å². The Morgan fingerprint density at radius 2 is 1.66 bits per heavy atom. The predicted molar refractivity (Wildman–Crippen MR) is 195 cm³/mol. The van der Waals surface area contributed by atoms with Crippen LogP contribution in [0, 0.1) is 17.6 Å². The maximum Gasteiger partial charge on any atom is 0.407 e. The summed E-state index contributed by atoms with van der Waals surface area (Å²) in [4.78, 5) is 59.5. The van der Waals surface area contributed by atoms with Crippen LogP contribution in [0.5, 0.6) is 5.75 Å². The number of aromatic nitrogens is 2. The van der Waals surface area contributed by atoms with Crippen molar-refractivity contribution in [3.63, 3.8) is 0 Å². The third-order valence-corrected chi connectivity index (χ3v) is 10.1. The number of hydrogen-bond donors (Lipinski definition) is 2. The second kappa shape index (κ2) is 16.1. The molecule has 3 heterocycles. The lowest BCUT2D eigenvalue weighted by atomic mass is 9.93. The van der Waals surface area contributed by atoms with E-state index in [4.69, 9.17) is 21.1 Å². The first-order valence-corrected chi connectivity index (χ1v) is 17.9. The molecule has 2 fully saturated rings. The lowest BCUT2D eigenvalue weighted by molar-refractivity contribution is -0.913. The van der Waals surface area contributed by atoms with Gasteiger partial charge in [-0.3, -0.25) is 14.4 Å².